The predicted octanol–water partition coefficient (Wildman–Crippen LogP) is 2.91. The van der Waals surface area contributed by atoms with Crippen LogP contribution in [0.15, 0.2) is 40.9 Å². The summed E-state index contributed by atoms with van der Waals surface area (Å²) < 4.78 is 11.0. The first-order chi connectivity index (χ1) is 11.2. The normalized spacial score (nSPS) is 12.3. The highest BCUT2D eigenvalue weighted by molar-refractivity contribution is 6.18. The van der Waals surface area contributed by atoms with Gasteiger partial charge in [0.2, 0.25) is 5.89 Å². The maximum absolute atomic E-state index is 9.59. The molecule has 1 aromatic carbocycles. The minimum atomic E-state index is -0.640. The Morgan fingerprint density at radius 2 is 2.26 bits per heavy atom. The third-order valence-electron chi connectivity index (χ3n) is 3.32. The highest BCUT2D eigenvalue weighted by Gasteiger charge is 2.12. The third kappa shape index (κ3) is 3.38. The Labute approximate surface area is 138 Å². The minimum absolute atomic E-state index is 0.159. The fourth-order valence-corrected chi connectivity index (χ4v) is 2.26. The van der Waals surface area contributed by atoms with Gasteiger partial charge in [0.1, 0.15) is 5.75 Å². The van der Waals surface area contributed by atoms with Gasteiger partial charge in [0.05, 0.1) is 24.8 Å². The number of anilines is 1. The van der Waals surface area contributed by atoms with E-state index >= 15 is 0 Å². The van der Waals surface area contributed by atoms with Gasteiger partial charge in [-0.15, -0.1) is 11.6 Å². The van der Waals surface area contributed by atoms with Gasteiger partial charge in [-0.3, -0.25) is 0 Å². The van der Waals surface area contributed by atoms with E-state index in [0.717, 1.165) is 11.3 Å². The van der Waals surface area contributed by atoms with Gasteiger partial charge in [0.15, 0.2) is 11.2 Å². The van der Waals surface area contributed by atoms with E-state index < -0.39 is 6.10 Å². The largest absolute Gasteiger partial charge is 0.495 e. The maximum atomic E-state index is 9.59. The molecule has 3 rings (SSSR count). The van der Waals surface area contributed by atoms with Gasteiger partial charge in [-0.1, -0.05) is 0 Å². The average molecular weight is 334 g/mol. The third-order valence-corrected chi connectivity index (χ3v) is 3.67. The molecule has 2 aromatic heterocycles. The van der Waals surface area contributed by atoms with Crippen molar-refractivity contribution >= 4 is 28.5 Å². The molecule has 120 valence electrons. The van der Waals surface area contributed by atoms with E-state index in [0.29, 0.717) is 29.4 Å². The lowest BCUT2D eigenvalue weighted by atomic mass is 10.1. The molecule has 0 radical (unpaired) electrons. The summed E-state index contributed by atoms with van der Waals surface area (Å²) in [7, 11) is 1.58. The van der Waals surface area contributed by atoms with Crippen molar-refractivity contribution in [2.75, 3.05) is 24.9 Å². The summed E-state index contributed by atoms with van der Waals surface area (Å²) in [5.41, 5.74) is 2.70. The molecule has 0 bridgehead atoms. The van der Waals surface area contributed by atoms with E-state index in [4.69, 9.17) is 20.8 Å². The number of halogens is 1. The van der Waals surface area contributed by atoms with Crippen LogP contribution in [0.3, 0.4) is 0 Å². The lowest BCUT2D eigenvalue weighted by molar-refractivity contribution is 0.211. The topological polar surface area (TPSA) is 80.4 Å². The van der Waals surface area contributed by atoms with E-state index in [2.05, 4.69) is 15.3 Å². The summed E-state index contributed by atoms with van der Waals surface area (Å²) in [6.45, 7) is 0.318. The summed E-state index contributed by atoms with van der Waals surface area (Å²) in [4.78, 5) is 8.54. The number of hydrogen-bond acceptors (Lipinski definition) is 6. The molecule has 7 heteroatoms. The molecule has 0 saturated heterocycles. The van der Waals surface area contributed by atoms with E-state index in [9.17, 15) is 5.11 Å². The van der Waals surface area contributed by atoms with Crippen molar-refractivity contribution in [2.24, 2.45) is 0 Å². The molecule has 1 atom stereocenters. The zero-order valence-corrected chi connectivity index (χ0v) is 13.2. The van der Waals surface area contributed by atoms with Crippen LogP contribution < -0.4 is 10.1 Å². The first-order valence-corrected chi connectivity index (χ1v) is 7.62. The molecule has 0 aliphatic carbocycles. The zero-order chi connectivity index (χ0) is 16.2. The van der Waals surface area contributed by atoms with Crippen LogP contribution in [0.5, 0.6) is 5.75 Å². The first-order valence-electron chi connectivity index (χ1n) is 7.09. The minimum Gasteiger partial charge on any atom is -0.495 e. The fraction of sp³-hybridized carbons (Fsp3) is 0.250. The number of nitrogens with one attached hydrogen (secondary N) is 1. The number of aromatic nitrogens is 2. The molecule has 6 nitrogen and oxygen atoms in total. The second-order valence-corrected chi connectivity index (χ2v) is 5.26. The maximum Gasteiger partial charge on any atom is 0.228 e. The zero-order valence-electron chi connectivity index (χ0n) is 12.5. The summed E-state index contributed by atoms with van der Waals surface area (Å²) in [6, 6.07) is 9.13. The Bertz CT molecular complexity index is 773. The van der Waals surface area contributed by atoms with Crippen LogP contribution in [0.1, 0.15) is 0 Å². The molecule has 1 unspecified atom stereocenters. The van der Waals surface area contributed by atoms with Gasteiger partial charge in [0.25, 0.3) is 0 Å². The molecular formula is C16H16ClN3O3. The molecule has 0 fully saturated rings. The lowest BCUT2D eigenvalue weighted by Crippen LogP contribution is -2.21. The van der Waals surface area contributed by atoms with Crippen molar-refractivity contribution in [2.45, 2.75) is 6.10 Å². The number of nitrogens with zero attached hydrogens (tertiary/aromatic N) is 2. The van der Waals surface area contributed by atoms with Crippen LogP contribution in [0.2, 0.25) is 0 Å². The van der Waals surface area contributed by atoms with Crippen molar-refractivity contribution < 1.29 is 14.3 Å². The van der Waals surface area contributed by atoms with Crippen LogP contribution in [-0.4, -0.2) is 40.7 Å². The predicted molar refractivity (Wildman–Crippen MR) is 89.0 cm³/mol. The molecule has 0 spiro atoms. The first kappa shape index (κ1) is 15.6. The van der Waals surface area contributed by atoms with Gasteiger partial charge < -0.3 is 19.6 Å². The van der Waals surface area contributed by atoms with Gasteiger partial charge in [-0.2, -0.15) is 4.98 Å². The van der Waals surface area contributed by atoms with Crippen molar-refractivity contribution in [1.29, 1.82) is 0 Å². The quantitative estimate of drug-likeness (QED) is 0.675. The molecule has 0 aliphatic rings. The highest BCUT2D eigenvalue weighted by atomic mass is 35.5. The smallest absolute Gasteiger partial charge is 0.228 e. The van der Waals surface area contributed by atoms with Crippen molar-refractivity contribution in [3.63, 3.8) is 0 Å². The highest BCUT2D eigenvalue weighted by Crippen LogP contribution is 2.31. The summed E-state index contributed by atoms with van der Waals surface area (Å²) in [5.74, 6) is 1.29. The van der Waals surface area contributed by atoms with E-state index in [1.807, 2.05) is 24.3 Å². The van der Waals surface area contributed by atoms with E-state index in [1.165, 1.54) is 0 Å². The molecule has 3 aromatic rings. The number of fused-ring (bicyclic) bond motifs is 1. The lowest BCUT2D eigenvalue weighted by Gasteiger charge is -2.14. The number of rotatable bonds is 6. The van der Waals surface area contributed by atoms with Crippen molar-refractivity contribution in [3.05, 3.63) is 36.5 Å². The van der Waals surface area contributed by atoms with E-state index in [-0.39, 0.29) is 5.88 Å². The number of methoxy groups -OCH3 is 1. The van der Waals surface area contributed by atoms with Crippen LogP contribution >= 0.6 is 11.6 Å². The molecule has 23 heavy (non-hydrogen) atoms. The number of benzene rings is 1. The van der Waals surface area contributed by atoms with E-state index in [1.54, 1.807) is 19.4 Å². The number of oxazole rings is 1. The second kappa shape index (κ2) is 6.85. The Morgan fingerprint density at radius 1 is 1.39 bits per heavy atom. The van der Waals surface area contributed by atoms with Crippen LogP contribution in [-0.2, 0) is 0 Å². The Balaban J connectivity index is 1.93. The SMILES string of the molecule is COc1ccc(-c2nc3ncccc3o2)cc1NCC(O)CCl. The Hall–Kier alpha value is -2.31. The van der Waals surface area contributed by atoms with Gasteiger partial charge >= 0.3 is 0 Å². The number of alkyl halides is 1. The Kier molecular flexibility index (Phi) is 4.64. The summed E-state index contributed by atoms with van der Waals surface area (Å²) >= 11 is 5.61. The van der Waals surface area contributed by atoms with Gasteiger partial charge in [-0.05, 0) is 30.3 Å². The van der Waals surface area contributed by atoms with Crippen molar-refractivity contribution in [1.82, 2.24) is 9.97 Å². The molecule has 0 amide bonds. The summed E-state index contributed by atoms with van der Waals surface area (Å²) in [5, 5.41) is 12.7. The van der Waals surface area contributed by atoms with Crippen LogP contribution in [0.25, 0.3) is 22.7 Å². The second-order valence-electron chi connectivity index (χ2n) is 4.95. The molecular weight excluding hydrogens is 318 g/mol. The number of pyridine rings is 1. The van der Waals surface area contributed by atoms with Crippen LogP contribution in [0.4, 0.5) is 5.69 Å². The fourth-order valence-electron chi connectivity index (χ4n) is 2.15. The molecule has 2 heterocycles. The monoisotopic (exact) mass is 333 g/mol. The molecule has 0 saturated carbocycles. The van der Waals surface area contributed by atoms with Crippen molar-refractivity contribution in [3.8, 4) is 17.2 Å². The summed E-state index contributed by atoms with van der Waals surface area (Å²) in [6.07, 6.45) is 1.03. The van der Waals surface area contributed by atoms with Crippen LogP contribution in [0, 0.1) is 0 Å². The number of aliphatic hydroxyl groups is 1. The standard InChI is InChI=1S/C16H16ClN3O3/c1-22-13-5-4-10(7-12(13)19-9-11(21)8-17)16-20-15-14(23-16)3-2-6-18-15/h2-7,11,19,21H,8-9H2,1H3. The molecule has 0 aliphatic heterocycles. The average Bonchev–Trinajstić information content (AvgIpc) is 3.03. The number of ether oxygens (including phenoxy) is 1. The number of aliphatic hydroxyl groups excluding tert-OH is 1. The number of hydrogen-bond donors (Lipinski definition) is 2. The molecule has 2 N–H and O–H groups in total. The van der Waals surface area contributed by atoms with Gasteiger partial charge in [0, 0.05) is 18.3 Å². The Morgan fingerprint density at radius 3 is 3.00 bits per heavy atom. The van der Waals surface area contributed by atoms with Gasteiger partial charge in [-0.25, -0.2) is 4.98 Å².